The molecule has 6 nitrogen and oxygen atoms in total. The van der Waals surface area contributed by atoms with Crippen molar-refractivity contribution in [2.45, 2.75) is 271 Å². The fraction of sp³-hybridized carbons (Fsp3) is 0.800. The lowest BCUT2D eigenvalue weighted by atomic mass is 10.0. The van der Waals surface area contributed by atoms with E-state index in [0.29, 0.717) is 19.3 Å². The molecule has 0 bridgehead atoms. The van der Waals surface area contributed by atoms with E-state index in [4.69, 9.17) is 14.2 Å². The molecule has 0 saturated heterocycles. The fourth-order valence-corrected chi connectivity index (χ4v) is 7.43. The summed E-state index contributed by atoms with van der Waals surface area (Å²) >= 11 is 0. The van der Waals surface area contributed by atoms with Gasteiger partial charge in [0.25, 0.3) is 0 Å². The normalized spacial score (nSPS) is 12.4. The molecule has 0 aliphatic carbocycles. The first-order valence-corrected chi connectivity index (χ1v) is 26.1. The highest BCUT2D eigenvalue weighted by Gasteiger charge is 2.19. The van der Waals surface area contributed by atoms with Gasteiger partial charge in [0, 0.05) is 19.3 Å². The van der Waals surface area contributed by atoms with Crippen LogP contribution in [0.25, 0.3) is 0 Å². The van der Waals surface area contributed by atoms with Crippen LogP contribution in [0, 0.1) is 0 Å². The third-order valence-corrected chi connectivity index (χ3v) is 11.3. The fourth-order valence-electron chi connectivity index (χ4n) is 7.43. The minimum atomic E-state index is -0.773. The van der Waals surface area contributed by atoms with Crippen molar-refractivity contribution in [3.05, 3.63) is 48.6 Å². The zero-order chi connectivity index (χ0) is 44.4. The molecule has 0 aromatic heterocycles. The monoisotopic (exact) mass is 855 g/mol. The molecular formula is C55H98O6. The van der Waals surface area contributed by atoms with Gasteiger partial charge in [-0.25, -0.2) is 0 Å². The molecule has 0 aliphatic heterocycles. The summed E-state index contributed by atoms with van der Waals surface area (Å²) in [7, 11) is 0. The Balaban J connectivity index is 4.34. The predicted molar refractivity (Wildman–Crippen MR) is 261 cm³/mol. The first-order chi connectivity index (χ1) is 30.0. The molecule has 1 unspecified atom stereocenters. The molecule has 0 aromatic carbocycles. The largest absolute Gasteiger partial charge is 0.462 e. The van der Waals surface area contributed by atoms with E-state index in [1.54, 1.807) is 0 Å². The summed E-state index contributed by atoms with van der Waals surface area (Å²) in [6, 6.07) is 0. The van der Waals surface area contributed by atoms with Crippen LogP contribution in [0.3, 0.4) is 0 Å². The van der Waals surface area contributed by atoms with Crippen molar-refractivity contribution in [2.24, 2.45) is 0 Å². The van der Waals surface area contributed by atoms with Gasteiger partial charge in [0.1, 0.15) is 13.2 Å². The van der Waals surface area contributed by atoms with Gasteiger partial charge in [0.05, 0.1) is 0 Å². The molecule has 0 amide bonds. The number of esters is 3. The number of rotatable bonds is 47. The summed E-state index contributed by atoms with van der Waals surface area (Å²) in [5, 5.41) is 0. The topological polar surface area (TPSA) is 78.9 Å². The Morgan fingerprint density at radius 1 is 0.344 bits per heavy atom. The van der Waals surface area contributed by atoms with Crippen LogP contribution in [0.2, 0.25) is 0 Å². The number of hydrogen-bond donors (Lipinski definition) is 0. The van der Waals surface area contributed by atoms with Gasteiger partial charge >= 0.3 is 17.9 Å². The van der Waals surface area contributed by atoms with Crippen LogP contribution in [-0.2, 0) is 28.6 Å². The zero-order valence-electron chi connectivity index (χ0n) is 40.4. The third kappa shape index (κ3) is 48.3. The molecule has 1 atom stereocenters. The molecule has 0 aromatic rings. The van der Waals surface area contributed by atoms with Crippen LogP contribution < -0.4 is 0 Å². The van der Waals surface area contributed by atoms with Gasteiger partial charge in [-0.1, -0.05) is 236 Å². The highest BCUT2D eigenvalue weighted by molar-refractivity contribution is 5.71. The smallest absolute Gasteiger partial charge is 0.306 e. The SMILES string of the molecule is CC/C=C\C/C=C\C/C=C\C/C=C\CCCCCCCCC(=O)OCC(COC(=O)CCCCCCCCCCCCC)OC(=O)CCCCCCCCCCCCCCC. The first kappa shape index (κ1) is 58.4. The maximum Gasteiger partial charge on any atom is 0.306 e. The molecule has 6 heteroatoms. The Hall–Kier alpha value is -2.63. The molecule has 61 heavy (non-hydrogen) atoms. The molecule has 0 aliphatic rings. The lowest BCUT2D eigenvalue weighted by Crippen LogP contribution is -2.30. The highest BCUT2D eigenvalue weighted by atomic mass is 16.6. The molecule has 0 heterocycles. The van der Waals surface area contributed by atoms with Gasteiger partial charge in [0.2, 0.25) is 0 Å². The Morgan fingerprint density at radius 3 is 1.00 bits per heavy atom. The Kier molecular flexibility index (Phi) is 47.9. The zero-order valence-corrected chi connectivity index (χ0v) is 40.4. The molecule has 0 saturated carbocycles. The summed E-state index contributed by atoms with van der Waals surface area (Å²) in [4.78, 5) is 37.9. The van der Waals surface area contributed by atoms with E-state index in [2.05, 4.69) is 69.4 Å². The van der Waals surface area contributed by atoms with E-state index >= 15 is 0 Å². The number of hydrogen-bond acceptors (Lipinski definition) is 6. The van der Waals surface area contributed by atoms with Crippen molar-refractivity contribution in [3.8, 4) is 0 Å². The van der Waals surface area contributed by atoms with E-state index in [1.807, 2.05) is 0 Å². The Labute approximate surface area is 378 Å². The number of carbonyl (C=O) groups is 3. The summed E-state index contributed by atoms with van der Waals surface area (Å²) in [5.41, 5.74) is 0. The van der Waals surface area contributed by atoms with E-state index in [0.717, 1.165) is 89.9 Å². The highest BCUT2D eigenvalue weighted by Crippen LogP contribution is 2.16. The van der Waals surface area contributed by atoms with Crippen molar-refractivity contribution in [1.29, 1.82) is 0 Å². The Morgan fingerprint density at radius 2 is 0.639 bits per heavy atom. The van der Waals surface area contributed by atoms with Crippen molar-refractivity contribution >= 4 is 17.9 Å². The summed E-state index contributed by atoms with van der Waals surface area (Å²) < 4.78 is 16.8. The van der Waals surface area contributed by atoms with Crippen LogP contribution in [0.4, 0.5) is 0 Å². The van der Waals surface area contributed by atoms with Crippen molar-refractivity contribution in [3.63, 3.8) is 0 Å². The lowest BCUT2D eigenvalue weighted by molar-refractivity contribution is -0.167. The van der Waals surface area contributed by atoms with Gasteiger partial charge in [-0.3, -0.25) is 14.4 Å². The quantitative estimate of drug-likeness (QED) is 0.0263. The van der Waals surface area contributed by atoms with Crippen LogP contribution in [-0.4, -0.2) is 37.2 Å². The van der Waals surface area contributed by atoms with Crippen LogP contribution in [0.15, 0.2) is 48.6 Å². The van der Waals surface area contributed by atoms with Gasteiger partial charge in [-0.15, -0.1) is 0 Å². The van der Waals surface area contributed by atoms with Gasteiger partial charge in [-0.2, -0.15) is 0 Å². The lowest BCUT2D eigenvalue weighted by Gasteiger charge is -2.18. The number of ether oxygens (including phenoxy) is 3. The van der Waals surface area contributed by atoms with E-state index < -0.39 is 6.10 Å². The number of allylic oxidation sites excluding steroid dienone is 8. The molecule has 0 spiro atoms. The van der Waals surface area contributed by atoms with E-state index in [1.165, 1.54) is 135 Å². The van der Waals surface area contributed by atoms with E-state index in [9.17, 15) is 14.4 Å². The average molecular weight is 855 g/mol. The van der Waals surface area contributed by atoms with Crippen LogP contribution in [0.1, 0.15) is 265 Å². The average Bonchev–Trinajstić information content (AvgIpc) is 3.26. The van der Waals surface area contributed by atoms with Crippen LogP contribution >= 0.6 is 0 Å². The second-order valence-electron chi connectivity index (χ2n) is 17.4. The minimum absolute atomic E-state index is 0.0740. The third-order valence-electron chi connectivity index (χ3n) is 11.3. The van der Waals surface area contributed by atoms with Crippen molar-refractivity contribution in [1.82, 2.24) is 0 Å². The number of carbonyl (C=O) groups excluding carboxylic acids is 3. The summed E-state index contributed by atoms with van der Waals surface area (Å²) in [6.45, 7) is 6.52. The second kappa shape index (κ2) is 50.0. The molecule has 354 valence electrons. The van der Waals surface area contributed by atoms with Gasteiger partial charge in [0.15, 0.2) is 6.10 Å². The molecule has 0 radical (unpaired) electrons. The van der Waals surface area contributed by atoms with E-state index in [-0.39, 0.29) is 31.1 Å². The Bertz CT molecular complexity index is 1070. The minimum Gasteiger partial charge on any atom is -0.462 e. The summed E-state index contributed by atoms with van der Waals surface area (Å²) in [6.07, 6.45) is 59.5. The standard InChI is InChI=1S/C55H98O6/c1-4-7-10-13-16-19-22-24-25-26-27-28-29-31-33-36-39-42-45-48-54(57)60-51-52(50-59-53(56)47-44-41-38-35-32-21-18-15-12-9-6-3)61-55(58)49-46-43-40-37-34-30-23-20-17-14-11-8-5-2/h7,10,16,19,24-25,27-28,52H,4-6,8-9,11-15,17-18,20-23,26,29-51H2,1-3H3/b10-7-,19-16-,25-24-,28-27-. The molecule has 0 N–H and O–H groups in total. The molecular weight excluding hydrogens is 757 g/mol. The van der Waals surface area contributed by atoms with Crippen LogP contribution in [0.5, 0.6) is 0 Å². The van der Waals surface area contributed by atoms with Crippen molar-refractivity contribution in [2.75, 3.05) is 13.2 Å². The number of unbranched alkanes of at least 4 members (excludes halogenated alkanes) is 28. The molecule has 0 fully saturated rings. The van der Waals surface area contributed by atoms with Gasteiger partial charge < -0.3 is 14.2 Å². The maximum atomic E-state index is 12.8. The maximum absolute atomic E-state index is 12.8. The van der Waals surface area contributed by atoms with Crippen molar-refractivity contribution < 1.29 is 28.6 Å². The molecule has 0 rings (SSSR count). The first-order valence-electron chi connectivity index (χ1n) is 26.1. The summed E-state index contributed by atoms with van der Waals surface area (Å²) in [5.74, 6) is -0.880. The second-order valence-corrected chi connectivity index (χ2v) is 17.4. The van der Waals surface area contributed by atoms with Gasteiger partial charge in [-0.05, 0) is 57.8 Å². The predicted octanol–water partition coefficient (Wildman–Crippen LogP) is 17.1.